The maximum atomic E-state index is 3.98. The van der Waals surface area contributed by atoms with E-state index in [0.29, 0.717) is 5.82 Å². The Morgan fingerprint density at radius 2 is 1.70 bits per heavy atom. The first-order chi connectivity index (χ1) is 11.4. The second-order valence-electron chi connectivity index (χ2n) is 5.30. The molecule has 1 aromatic heterocycles. The van der Waals surface area contributed by atoms with Gasteiger partial charge in [0.25, 0.3) is 0 Å². The van der Waals surface area contributed by atoms with E-state index in [1.54, 1.807) is 0 Å². The summed E-state index contributed by atoms with van der Waals surface area (Å²) in [4.78, 5) is 0. The molecule has 112 valence electrons. The Morgan fingerprint density at radius 3 is 2.52 bits per heavy atom. The highest BCUT2D eigenvalue weighted by molar-refractivity contribution is 5.85. The van der Waals surface area contributed by atoms with Crippen LogP contribution in [0.4, 0.5) is 5.69 Å². The fraction of sp³-hybridized carbons (Fsp3) is 0.0556. The standard InChI is InChI=1S/C18H15N5/c1-2-7-17-13(4-1)5-3-6-15(17)12-19-16-10-8-14(9-11-16)18-20-22-23-21-18/h1-11,19H,12H2,(H,20,21,22,23). The van der Waals surface area contributed by atoms with Crippen LogP contribution in [0, 0.1) is 0 Å². The monoisotopic (exact) mass is 301 g/mol. The Balaban J connectivity index is 1.52. The summed E-state index contributed by atoms with van der Waals surface area (Å²) in [5, 5.41) is 20.0. The van der Waals surface area contributed by atoms with Crippen LogP contribution in [-0.2, 0) is 6.54 Å². The zero-order valence-electron chi connectivity index (χ0n) is 12.4. The molecule has 0 fully saturated rings. The van der Waals surface area contributed by atoms with Crippen molar-refractivity contribution in [2.45, 2.75) is 6.54 Å². The van der Waals surface area contributed by atoms with Gasteiger partial charge in [-0.25, -0.2) is 0 Å². The normalized spacial score (nSPS) is 10.8. The number of aromatic nitrogens is 4. The second-order valence-corrected chi connectivity index (χ2v) is 5.30. The molecule has 0 saturated heterocycles. The summed E-state index contributed by atoms with van der Waals surface area (Å²) in [5.74, 6) is 0.602. The van der Waals surface area contributed by atoms with Crippen molar-refractivity contribution >= 4 is 16.5 Å². The van der Waals surface area contributed by atoms with Crippen LogP contribution in [0.3, 0.4) is 0 Å². The number of hydrogen-bond donors (Lipinski definition) is 2. The molecule has 0 aliphatic carbocycles. The summed E-state index contributed by atoms with van der Waals surface area (Å²) in [5.41, 5.74) is 3.28. The van der Waals surface area contributed by atoms with Crippen LogP contribution in [0.5, 0.6) is 0 Å². The smallest absolute Gasteiger partial charge is 0.204 e. The minimum absolute atomic E-state index is 0.602. The molecule has 23 heavy (non-hydrogen) atoms. The highest BCUT2D eigenvalue weighted by Gasteiger charge is 2.03. The highest BCUT2D eigenvalue weighted by Crippen LogP contribution is 2.21. The highest BCUT2D eigenvalue weighted by atomic mass is 15.5. The minimum Gasteiger partial charge on any atom is -0.381 e. The van der Waals surface area contributed by atoms with Crippen molar-refractivity contribution in [3.63, 3.8) is 0 Å². The first-order valence-electron chi connectivity index (χ1n) is 7.44. The first-order valence-corrected chi connectivity index (χ1v) is 7.44. The van der Waals surface area contributed by atoms with Crippen LogP contribution >= 0.6 is 0 Å². The summed E-state index contributed by atoms with van der Waals surface area (Å²) in [6, 6.07) is 22.8. The molecule has 4 aromatic rings. The Hall–Kier alpha value is -3.21. The summed E-state index contributed by atoms with van der Waals surface area (Å²) in [6.07, 6.45) is 0. The van der Waals surface area contributed by atoms with Crippen molar-refractivity contribution in [1.82, 2.24) is 20.6 Å². The quantitative estimate of drug-likeness (QED) is 0.604. The van der Waals surface area contributed by atoms with E-state index in [9.17, 15) is 0 Å². The maximum absolute atomic E-state index is 3.98. The van der Waals surface area contributed by atoms with E-state index in [2.05, 4.69) is 68.4 Å². The van der Waals surface area contributed by atoms with Crippen molar-refractivity contribution in [3.8, 4) is 11.4 Å². The van der Waals surface area contributed by atoms with Crippen LogP contribution in [-0.4, -0.2) is 20.6 Å². The third-order valence-corrected chi connectivity index (χ3v) is 3.85. The number of nitrogens with zero attached hydrogens (tertiary/aromatic N) is 3. The van der Waals surface area contributed by atoms with Gasteiger partial charge in [0.05, 0.1) is 0 Å². The van der Waals surface area contributed by atoms with Crippen molar-refractivity contribution < 1.29 is 0 Å². The second kappa shape index (κ2) is 5.88. The summed E-state index contributed by atoms with van der Waals surface area (Å²) < 4.78 is 0. The number of aromatic amines is 1. The zero-order valence-corrected chi connectivity index (χ0v) is 12.4. The number of tetrazole rings is 1. The van der Waals surface area contributed by atoms with Gasteiger partial charge in [-0.1, -0.05) is 42.5 Å². The van der Waals surface area contributed by atoms with E-state index in [1.165, 1.54) is 16.3 Å². The fourth-order valence-electron chi connectivity index (χ4n) is 2.67. The van der Waals surface area contributed by atoms with Crippen LogP contribution in [0.15, 0.2) is 66.7 Å². The summed E-state index contributed by atoms with van der Waals surface area (Å²) in [7, 11) is 0. The molecule has 0 saturated carbocycles. The number of hydrogen-bond acceptors (Lipinski definition) is 4. The number of anilines is 1. The lowest BCUT2D eigenvalue weighted by Gasteiger charge is -2.09. The van der Waals surface area contributed by atoms with E-state index in [-0.39, 0.29) is 0 Å². The van der Waals surface area contributed by atoms with Crippen LogP contribution in [0.25, 0.3) is 22.2 Å². The van der Waals surface area contributed by atoms with Gasteiger partial charge in [-0.15, -0.1) is 10.2 Å². The molecular formula is C18H15N5. The van der Waals surface area contributed by atoms with Gasteiger partial charge in [0.15, 0.2) is 0 Å². The number of rotatable bonds is 4. The number of benzene rings is 3. The Morgan fingerprint density at radius 1 is 0.870 bits per heavy atom. The van der Waals surface area contributed by atoms with E-state index >= 15 is 0 Å². The Kier molecular flexibility index (Phi) is 3.44. The van der Waals surface area contributed by atoms with Gasteiger partial charge in [0.2, 0.25) is 5.82 Å². The predicted octanol–water partition coefficient (Wildman–Crippen LogP) is 3.63. The number of nitrogens with one attached hydrogen (secondary N) is 2. The van der Waals surface area contributed by atoms with Gasteiger partial charge in [0, 0.05) is 17.8 Å². The summed E-state index contributed by atoms with van der Waals surface area (Å²) in [6.45, 7) is 0.781. The molecule has 0 aliphatic rings. The Bertz CT molecular complexity index is 908. The van der Waals surface area contributed by atoms with Gasteiger partial charge in [-0.2, -0.15) is 5.21 Å². The molecule has 1 heterocycles. The molecular weight excluding hydrogens is 286 g/mol. The van der Waals surface area contributed by atoms with E-state index in [4.69, 9.17) is 0 Å². The van der Waals surface area contributed by atoms with Gasteiger partial charge in [0.1, 0.15) is 0 Å². The molecule has 0 bridgehead atoms. The van der Waals surface area contributed by atoms with Crippen LogP contribution in [0.2, 0.25) is 0 Å². The molecule has 0 spiro atoms. The van der Waals surface area contributed by atoms with Gasteiger partial charge >= 0.3 is 0 Å². The molecule has 5 heteroatoms. The Labute approximate surface area is 133 Å². The molecule has 3 aromatic carbocycles. The van der Waals surface area contributed by atoms with Crippen molar-refractivity contribution in [2.24, 2.45) is 0 Å². The topological polar surface area (TPSA) is 66.5 Å². The molecule has 4 rings (SSSR count). The molecule has 2 N–H and O–H groups in total. The maximum Gasteiger partial charge on any atom is 0.204 e. The lowest BCUT2D eigenvalue weighted by Crippen LogP contribution is -2.00. The largest absolute Gasteiger partial charge is 0.381 e. The SMILES string of the molecule is c1ccc2c(CNc3ccc(-c4nn[nH]n4)cc3)cccc2c1. The van der Waals surface area contributed by atoms with Crippen molar-refractivity contribution in [3.05, 3.63) is 72.3 Å². The average molecular weight is 301 g/mol. The fourth-order valence-corrected chi connectivity index (χ4v) is 2.67. The number of fused-ring (bicyclic) bond motifs is 1. The molecule has 0 atom stereocenters. The van der Waals surface area contributed by atoms with E-state index in [0.717, 1.165) is 17.8 Å². The molecule has 0 radical (unpaired) electrons. The first kappa shape index (κ1) is 13.5. The third-order valence-electron chi connectivity index (χ3n) is 3.85. The summed E-state index contributed by atoms with van der Waals surface area (Å²) >= 11 is 0. The molecule has 0 aliphatic heterocycles. The minimum atomic E-state index is 0.602. The van der Waals surface area contributed by atoms with Crippen LogP contribution in [0.1, 0.15) is 5.56 Å². The van der Waals surface area contributed by atoms with Crippen LogP contribution < -0.4 is 5.32 Å². The zero-order chi connectivity index (χ0) is 15.5. The van der Waals surface area contributed by atoms with Gasteiger partial charge in [-0.3, -0.25) is 0 Å². The molecule has 5 nitrogen and oxygen atoms in total. The third kappa shape index (κ3) is 2.76. The van der Waals surface area contributed by atoms with E-state index < -0.39 is 0 Å². The lowest BCUT2D eigenvalue weighted by molar-refractivity contribution is 0.881. The molecule has 0 amide bonds. The predicted molar refractivity (Wildman–Crippen MR) is 90.9 cm³/mol. The average Bonchev–Trinajstić information content (AvgIpc) is 3.15. The number of H-pyrrole nitrogens is 1. The van der Waals surface area contributed by atoms with Crippen molar-refractivity contribution in [1.29, 1.82) is 0 Å². The van der Waals surface area contributed by atoms with Gasteiger partial charge in [-0.05, 0) is 45.8 Å². The van der Waals surface area contributed by atoms with Crippen molar-refractivity contribution in [2.75, 3.05) is 5.32 Å². The lowest BCUT2D eigenvalue weighted by atomic mass is 10.0. The van der Waals surface area contributed by atoms with E-state index in [1.807, 2.05) is 24.3 Å². The van der Waals surface area contributed by atoms with Gasteiger partial charge < -0.3 is 5.32 Å². The molecule has 0 unspecified atom stereocenters.